The Morgan fingerprint density at radius 2 is 1.86 bits per heavy atom. The summed E-state index contributed by atoms with van der Waals surface area (Å²) in [5, 5.41) is 4.21. The summed E-state index contributed by atoms with van der Waals surface area (Å²) in [5.41, 5.74) is 5.15. The third-order valence-electron chi connectivity index (χ3n) is 6.43. The van der Waals surface area contributed by atoms with Crippen LogP contribution in [-0.4, -0.2) is 32.1 Å². The molecule has 0 radical (unpaired) electrons. The number of aromatic nitrogens is 3. The van der Waals surface area contributed by atoms with Crippen LogP contribution in [0.25, 0.3) is 16.8 Å². The Morgan fingerprint density at radius 3 is 2.49 bits per heavy atom. The summed E-state index contributed by atoms with van der Waals surface area (Å²) >= 11 is 3.42. The lowest BCUT2D eigenvalue weighted by atomic mass is 9.88. The number of nitrogens with zero attached hydrogens (tertiary/aromatic N) is 4. The Labute approximate surface area is 209 Å². The molecule has 3 aromatic rings. The molecule has 5 rings (SSSR count). The van der Waals surface area contributed by atoms with E-state index in [9.17, 15) is 18.0 Å². The maximum Gasteiger partial charge on any atom is 0.435 e. The number of halogens is 4. The minimum Gasteiger partial charge on any atom is -0.306 e. The van der Waals surface area contributed by atoms with Gasteiger partial charge in [-0.25, -0.2) is 0 Å². The fourth-order valence-electron chi connectivity index (χ4n) is 4.66. The molecule has 1 aromatic carbocycles. The van der Waals surface area contributed by atoms with Crippen molar-refractivity contribution < 1.29 is 18.0 Å². The van der Waals surface area contributed by atoms with Crippen LogP contribution in [0.3, 0.4) is 0 Å². The monoisotopic (exact) mass is 544 g/mol. The normalized spacial score (nSPS) is 15.4. The summed E-state index contributed by atoms with van der Waals surface area (Å²) in [5.74, 6) is -0.204. The van der Waals surface area contributed by atoms with Crippen LogP contribution in [-0.2, 0) is 24.5 Å². The SMILES string of the molecule is CCn1cc(-c2cc(CBr)cc3c2CCN(C(=C2CC2)c2cc(C)ccn2)C3=O)c(C(F)(F)F)n1. The Bertz CT molecular complexity index is 1350. The molecule has 35 heavy (non-hydrogen) atoms. The van der Waals surface area contributed by atoms with Crippen molar-refractivity contribution in [3.63, 3.8) is 0 Å². The predicted molar refractivity (Wildman–Crippen MR) is 131 cm³/mol. The van der Waals surface area contributed by atoms with Gasteiger partial charge in [-0.05, 0) is 85.2 Å². The zero-order valence-corrected chi connectivity index (χ0v) is 21.0. The number of hydrogen-bond acceptors (Lipinski definition) is 3. The van der Waals surface area contributed by atoms with Crippen LogP contribution in [0, 0.1) is 6.92 Å². The fraction of sp³-hybridized carbons (Fsp3) is 0.346. The standard InChI is InChI=1S/C26H24BrF3N4O/c1-3-33-14-21(24(32-33)26(28,29)30)19-11-16(13-27)12-20-18(19)7-9-34(25(20)35)23(17-4-5-17)22-10-15(2)6-8-31-22/h6,8,10-12,14H,3-5,7,9,13H2,1-2H3. The average molecular weight is 545 g/mol. The zero-order valence-electron chi connectivity index (χ0n) is 19.4. The fourth-order valence-corrected chi connectivity index (χ4v) is 4.98. The van der Waals surface area contributed by atoms with Crippen LogP contribution in [0.4, 0.5) is 13.2 Å². The summed E-state index contributed by atoms with van der Waals surface area (Å²) < 4.78 is 42.9. The van der Waals surface area contributed by atoms with Crippen molar-refractivity contribution in [1.29, 1.82) is 0 Å². The molecule has 0 spiro atoms. The van der Waals surface area contributed by atoms with Crippen LogP contribution in [0.1, 0.15) is 58.2 Å². The molecule has 1 fully saturated rings. The molecule has 2 aliphatic rings. The first-order chi connectivity index (χ1) is 16.7. The average Bonchev–Trinajstić information content (AvgIpc) is 3.55. The van der Waals surface area contributed by atoms with E-state index in [-0.39, 0.29) is 11.5 Å². The minimum absolute atomic E-state index is 0.0146. The van der Waals surface area contributed by atoms with Crippen molar-refractivity contribution >= 4 is 27.5 Å². The van der Waals surface area contributed by atoms with E-state index >= 15 is 0 Å². The maximum atomic E-state index is 13.9. The number of allylic oxidation sites excluding steroid dienone is 1. The molecule has 1 amide bonds. The van der Waals surface area contributed by atoms with Gasteiger partial charge in [-0.3, -0.25) is 14.5 Å². The van der Waals surface area contributed by atoms with E-state index in [1.54, 1.807) is 30.2 Å². The van der Waals surface area contributed by atoms with E-state index in [0.717, 1.165) is 35.4 Å². The van der Waals surface area contributed by atoms with Gasteiger partial charge in [0.05, 0.1) is 11.4 Å². The van der Waals surface area contributed by atoms with Crippen LogP contribution in [0.5, 0.6) is 0 Å². The maximum absolute atomic E-state index is 13.9. The third-order valence-corrected chi connectivity index (χ3v) is 7.08. The lowest BCUT2D eigenvalue weighted by Gasteiger charge is -2.32. The summed E-state index contributed by atoms with van der Waals surface area (Å²) in [6.45, 7) is 4.42. The van der Waals surface area contributed by atoms with E-state index in [2.05, 4.69) is 26.0 Å². The number of alkyl halides is 4. The first kappa shape index (κ1) is 23.8. The van der Waals surface area contributed by atoms with Crippen LogP contribution >= 0.6 is 15.9 Å². The number of rotatable bonds is 5. The van der Waals surface area contributed by atoms with Crippen molar-refractivity contribution in [1.82, 2.24) is 19.7 Å². The molecule has 0 atom stereocenters. The molecule has 0 unspecified atom stereocenters. The van der Waals surface area contributed by atoms with Gasteiger partial charge in [0.15, 0.2) is 5.69 Å². The molecular weight excluding hydrogens is 521 g/mol. The summed E-state index contributed by atoms with van der Waals surface area (Å²) in [6, 6.07) is 7.41. The second-order valence-electron chi connectivity index (χ2n) is 8.93. The molecule has 1 saturated carbocycles. The Kier molecular flexibility index (Phi) is 6.07. The van der Waals surface area contributed by atoms with Crippen LogP contribution in [0.2, 0.25) is 0 Å². The molecule has 0 saturated heterocycles. The largest absolute Gasteiger partial charge is 0.435 e. The topological polar surface area (TPSA) is 51.0 Å². The molecule has 0 bridgehead atoms. The number of carbonyl (C=O) groups excluding carboxylic acids is 1. The van der Waals surface area contributed by atoms with Gasteiger partial charge < -0.3 is 4.90 Å². The number of benzene rings is 1. The van der Waals surface area contributed by atoms with Gasteiger partial charge in [0.2, 0.25) is 0 Å². The molecular formula is C26H24BrF3N4O. The van der Waals surface area contributed by atoms with Gasteiger partial charge in [0.1, 0.15) is 0 Å². The number of hydrogen-bond donors (Lipinski definition) is 0. The van der Waals surface area contributed by atoms with E-state index in [0.29, 0.717) is 41.5 Å². The number of amides is 1. The van der Waals surface area contributed by atoms with E-state index < -0.39 is 11.9 Å². The molecule has 5 nitrogen and oxygen atoms in total. The Morgan fingerprint density at radius 1 is 1.11 bits per heavy atom. The lowest BCUT2D eigenvalue weighted by Crippen LogP contribution is -2.37. The van der Waals surface area contributed by atoms with Crippen LogP contribution in [0.15, 0.2) is 42.2 Å². The van der Waals surface area contributed by atoms with Gasteiger partial charge in [-0.2, -0.15) is 18.3 Å². The molecule has 182 valence electrons. The van der Waals surface area contributed by atoms with Crippen molar-refractivity contribution in [2.75, 3.05) is 6.54 Å². The highest BCUT2D eigenvalue weighted by Crippen LogP contribution is 2.43. The van der Waals surface area contributed by atoms with Gasteiger partial charge >= 0.3 is 6.18 Å². The number of pyridine rings is 1. The van der Waals surface area contributed by atoms with Crippen molar-refractivity contribution in [3.8, 4) is 11.1 Å². The summed E-state index contributed by atoms with van der Waals surface area (Å²) in [6.07, 6.45) is 0.843. The quantitative estimate of drug-likeness (QED) is 0.349. The van der Waals surface area contributed by atoms with E-state index in [4.69, 9.17) is 0 Å². The molecule has 1 aliphatic carbocycles. The molecule has 2 aromatic heterocycles. The third kappa shape index (κ3) is 4.42. The first-order valence-electron chi connectivity index (χ1n) is 11.5. The number of carbonyl (C=O) groups is 1. The predicted octanol–water partition coefficient (Wildman–Crippen LogP) is 6.39. The summed E-state index contributed by atoms with van der Waals surface area (Å²) in [4.78, 5) is 20.1. The van der Waals surface area contributed by atoms with Crippen LogP contribution < -0.4 is 0 Å². The minimum atomic E-state index is -4.60. The summed E-state index contributed by atoms with van der Waals surface area (Å²) in [7, 11) is 0. The highest BCUT2D eigenvalue weighted by atomic mass is 79.9. The Hall–Kier alpha value is -2.94. The van der Waals surface area contributed by atoms with Gasteiger partial charge in [-0.15, -0.1) is 0 Å². The molecule has 3 heterocycles. The Balaban J connectivity index is 1.64. The zero-order chi connectivity index (χ0) is 24.9. The van der Waals surface area contributed by atoms with Crippen molar-refractivity contribution in [3.05, 3.63) is 75.9 Å². The molecule has 0 N–H and O–H groups in total. The van der Waals surface area contributed by atoms with Gasteiger partial charge in [-0.1, -0.05) is 15.9 Å². The van der Waals surface area contributed by atoms with E-state index in [1.165, 1.54) is 16.5 Å². The molecule has 9 heteroatoms. The second-order valence-corrected chi connectivity index (χ2v) is 9.49. The molecule has 1 aliphatic heterocycles. The van der Waals surface area contributed by atoms with Crippen molar-refractivity contribution in [2.24, 2.45) is 0 Å². The van der Waals surface area contributed by atoms with Gasteiger partial charge in [0.25, 0.3) is 5.91 Å². The number of fused-ring (bicyclic) bond motifs is 1. The highest BCUT2D eigenvalue weighted by Gasteiger charge is 2.40. The number of aryl methyl sites for hydroxylation is 2. The van der Waals surface area contributed by atoms with Crippen molar-refractivity contribution in [2.45, 2.75) is 51.2 Å². The highest BCUT2D eigenvalue weighted by molar-refractivity contribution is 9.08. The first-order valence-corrected chi connectivity index (χ1v) is 12.7. The lowest BCUT2D eigenvalue weighted by molar-refractivity contribution is -0.141. The van der Waals surface area contributed by atoms with Gasteiger partial charge in [0, 0.05) is 41.9 Å². The van der Waals surface area contributed by atoms with E-state index in [1.807, 2.05) is 19.1 Å². The second kappa shape index (κ2) is 8.93. The smallest absolute Gasteiger partial charge is 0.306 e.